The van der Waals surface area contributed by atoms with Crippen molar-refractivity contribution in [2.75, 3.05) is 13.2 Å². The Morgan fingerprint density at radius 2 is 1.09 bits per heavy atom. The number of carbonyl (C=O) groups is 5. The number of esters is 4. The van der Waals surface area contributed by atoms with Crippen LogP contribution in [0.5, 0.6) is 0 Å². The molecule has 0 aliphatic carbocycles. The Hall–Kier alpha value is -3.98. The van der Waals surface area contributed by atoms with E-state index in [-0.39, 0.29) is 31.8 Å². The Labute approximate surface area is 461 Å². The van der Waals surface area contributed by atoms with Crippen LogP contribution in [0, 0.1) is 5.92 Å². The summed E-state index contributed by atoms with van der Waals surface area (Å²) >= 11 is 1.33. The van der Waals surface area contributed by atoms with E-state index in [0.29, 0.717) is 24.8 Å². The molecule has 0 radical (unpaired) electrons. The van der Waals surface area contributed by atoms with Crippen molar-refractivity contribution in [3.63, 3.8) is 0 Å². The Morgan fingerprint density at radius 3 is 1.59 bits per heavy atom. The fourth-order valence-corrected chi connectivity index (χ4v) is 11.1. The van der Waals surface area contributed by atoms with Gasteiger partial charge in [-0.25, -0.2) is 4.79 Å². The number of carbonyl (C=O) groups excluding carboxylic acids is 5. The molecule has 0 saturated carbocycles. The highest BCUT2D eigenvalue weighted by atomic mass is 32.2. The van der Waals surface area contributed by atoms with Crippen LogP contribution >= 0.6 is 11.8 Å². The summed E-state index contributed by atoms with van der Waals surface area (Å²) < 4.78 is 29.6. The SMILES string of the molecule is CCCCCCCCCCCCCCCCCC(=O)N[C@@H](CO)[C@H](OC(C)=O)[C@@H](CCCCCCCCCCCCCC)OC(=O)CCC(=O)OCC1O[C@@H](Sc2ccccc2)C(OC(=O)c2ccccc2)[C@@H](C)[C@@H]1O. The van der Waals surface area contributed by atoms with E-state index in [1.54, 1.807) is 37.3 Å². The lowest BCUT2D eigenvalue weighted by molar-refractivity contribution is -0.188. The summed E-state index contributed by atoms with van der Waals surface area (Å²) in [7, 11) is 0. The predicted molar refractivity (Wildman–Crippen MR) is 302 cm³/mol. The molecule has 430 valence electrons. The second kappa shape index (κ2) is 42.0. The van der Waals surface area contributed by atoms with Crippen LogP contribution in [0.1, 0.15) is 237 Å². The topological polar surface area (TPSA) is 184 Å². The van der Waals surface area contributed by atoms with Crippen molar-refractivity contribution in [2.24, 2.45) is 5.92 Å². The van der Waals surface area contributed by atoms with Crippen LogP contribution in [0.3, 0.4) is 0 Å². The van der Waals surface area contributed by atoms with Gasteiger partial charge in [-0.05, 0) is 43.5 Å². The summed E-state index contributed by atoms with van der Waals surface area (Å²) in [5, 5.41) is 24.9. The molecule has 1 heterocycles. The van der Waals surface area contributed by atoms with Crippen molar-refractivity contribution in [1.29, 1.82) is 0 Å². The maximum atomic E-state index is 13.6. The van der Waals surface area contributed by atoms with E-state index in [9.17, 15) is 34.2 Å². The normalized spacial score (nSPS) is 18.5. The van der Waals surface area contributed by atoms with Gasteiger partial charge in [0.1, 0.15) is 30.4 Å². The van der Waals surface area contributed by atoms with Crippen LogP contribution in [-0.4, -0.2) is 95.2 Å². The van der Waals surface area contributed by atoms with Gasteiger partial charge in [-0.15, -0.1) is 0 Å². The molecule has 1 amide bonds. The standard InChI is InChI=1S/C62H99NO12S/c1-5-7-9-11-13-15-17-19-20-21-23-25-27-29-37-43-55(66)63-52(46-64)60(72-49(4)65)53(42-36-28-26-24-22-18-16-14-12-10-8-6-2)73-57(68)45-44-56(67)71-47-54-58(69)48(3)59(75-61(70)50-38-32-30-33-39-50)62(74-54)76-51-40-34-31-35-41-51/h30-35,38-41,48,52-54,58-60,62,64,69H,5-29,36-37,42-47H2,1-4H3,(H,63,66)/t48-,52-,53+,54?,58-,59?,60-,62-/m0/s1. The minimum absolute atomic E-state index is 0.253. The molecule has 13 nitrogen and oxygen atoms in total. The van der Waals surface area contributed by atoms with Crippen molar-refractivity contribution < 1.29 is 57.9 Å². The van der Waals surface area contributed by atoms with Crippen LogP contribution in [0.15, 0.2) is 65.6 Å². The van der Waals surface area contributed by atoms with Gasteiger partial charge < -0.3 is 39.2 Å². The first-order chi connectivity index (χ1) is 37.0. The average molecular weight is 1080 g/mol. The molecule has 2 aromatic carbocycles. The molecule has 1 aliphatic heterocycles. The Balaban J connectivity index is 1.56. The molecule has 1 aliphatic rings. The number of thioether (sulfide) groups is 1. The average Bonchev–Trinajstić information content (AvgIpc) is 3.42. The highest BCUT2D eigenvalue weighted by molar-refractivity contribution is 7.99. The van der Waals surface area contributed by atoms with Crippen molar-refractivity contribution in [3.05, 3.63) is 66.2 Å². The van der Waals surface area contributed by atoms with Gasteiger partial charge in [-0.2, -0.15) is 0 Å². The van der Waals surface area contributed by atoms with Crippen molar-refractivity contribution in [1.82, 2.24) is 5.32 Å². The number of hydrogen-bond acceptors (Lipinski definition) is 13. The number of amides is 1. The molecule has 14 heteroatoms. The number of rotatable bonds is 44. The van der Waals surface area contributed by atoms with E-state index in [2.05, 4.69) is 19.2 Å². The monoisotopic (exact) mass is 1080 g/mol. The third kappa shape index (κ3) is 29.1. The maximum Gasteiger partial charge on any atom is 0.338 e. The molecule has 2 aromatic rings. The quantitative estimate of drug-likeness (QED) is 0.0324. The third-order valence-electron chi connectivity index (χ3n) is 14.4. The molecule has 1 saturated heterocycles. The Kier molecular flexibility index (Phi) is 36.7. The predicted octanol–water partition coefficient (Wildman–Crippen LogP) is 13.7. The van der Waals surface area contributed by atoms with Gasteiger partial charge in [0.15, 0.2) is 6.10 Å². The molecule has 0 aromatic heterocycles. The molecular weight excluding hydrogens is 983 g/mol. The van der Waals surface area contributed by atoms with Gasteiger partial charge in [0.25, 0.3) is 0 Å². The Morgan fingerprint density at radius 1 is 0.618 bits per heavy atom. The largest absolute Gasteiger partial charge is 0.463 e. The number of aliphatic hydroxyl groups excluding tert-OH is 2. The maximum absolute atomic E-state index is 13.6. The van der Waals surface area contributed by atoms with E-state index >= 15 is 0 Å². The number of ether oxygens (including phenoxy) is 5. The van der Waals surface area contributed by atoms with Gasteiger partial charge in [0.05, 0.1) is 37.2 Å². The molecule has 3 rings (SSSR count). The van der Waals surface area contributed by atoms with E-state index < -0.39 is 78.4 Å². The first-order valence-electron chi connectivity index (χ1n) is 29.7. The van der Waals surface area contributed by atoms with Crippen LogP contribution < -0.4 is 5.32 Å². The lowest BCUT2D eigenvalue weighted by Crippen LogP contribution is -2.55. The lowest BCUT2D eigenvalue weighted by atomic mass is 9.91. The van der Waals surface area contributed by atoms with Gasteiger partial charge in [-0.1, -0.05) is 229 Å². The number of aliphatic hydroxyl groups is 2. The van der Waals surface area contributed by atoms with Crippen molar-refractivity contribution in [3.8, 4) is 0 Å². The van der Waals surface area contributed by atoms with Crippen LogP contribution in [-0.2, 0) is 42.9 Å². The van der Waals surface area contributed by atoms with Crippen molar-refractivity contribution in [2.45, 2.75) is 274 Å². The zero-order valence-electron chi connectivity index (χ0n) is 47.1. The lowest BCUT2D eigenvalue weighted by Gasteiger charge is -2.42. The van der Waals surface area contributed by atoms with Gasteiger partial charge in [-0.3, -0.25) is 19.2 Å². The van der Waals surface area contributed by atoms with Crippen LogP contribution in [0.2, 0.25) is 0 Å². The second-order valence-corrected chi connectivity index (χ2v) is 22.3. The number of hydrogen-bond donors (Lipinski definition) is 3. The van der Waals surface area contributed by atoms with Gasteiger partial charge >= 0.3 is 23.9 Å². The van der Waals surface area contributed by atoms with E-state index in [1.165, 1.54) is 134 Å². The van der Waals surface area contributed by atoms with Crippen LogP contribution in [0.25, 0.3) is 0 Å². The molecular formula is C62H99NO12S. The smallest absolute Gasteiger partial charge is 0.338 e. The van der Waals surface area contributed by atoms with Crippen LogP contribution in [0.4, 0.5) is 0 Å². The number of unbranched alkanes of at least 4 members (excludes halogenated alkanes) is 25. The highest BCUT2D eigenvalue weighted by Crippen LogP contribution is 2.38. The Bertz CT molecular complexity index is 1840. The zero-order valence-corrected chi connectivity index (χ0v) is 47.9. The summed E-state index contributed by atoms with van der Waals surface area (Å²) in [6, 6.07) is 17.0. The summed E-state index contributed by atoms with van der Waals surface area (Å²) in [5.41, 5.74) is -0.388. The minimum atomic E-state index is -1.17. The zero-order chi connectivity index (χ0) is 55.0. The summed E-state index contributed by atoms with van der Waals surface area (Å²) in [6.45, 7) is 6.61. The molecule has 2 unspecified atom stereocenters. The summed E-state index contributed by atoms with van der Waals surface area (Å²) in [4.78, 5) is 66.7. The van der Waals surface area contributed by atoms with Gasteiger partial charge in [0.2, 0.25) is 5.91 Å². The highest BCUT2D eigenvalue weighted by Gasteiger charge is 2.46. The molecule has 0 spiro atoms. The van der Waals surface area contributed by atoms with Gasteiger partial charge in [0, 0.05) is 24.2 Å². The first-order valence-corrected chi connectivity index (χ1v) is 30.6. The van der Waals surface area contributed by atoms with E-state index in [0.717, 1.165) is 49.8 Å². The fourth-order valence-electron chi connectivity index (χ4n) is 9.84. The fraction of sp³-hybridized carbons (Fsp3) is 0.726. The van der Waals surface area contributed by atoms with Crippen molar-refractivity contribution >= 4 is 41.5 Å². The molecule has 8 atom stereocenters. The molecule has 3 N–H and O–H groups in total. The second-order valence-electron chi connectivity index (χ2n) is 21.1. The molecule has 1 fully saturated rings. The number of benzene rings is 2. The minimum Gasteiger partial charge on any atom is -0.463 e. The molecule has 76 heavy (non-hydrogen) atoms. The van der Waals surface area contributed by atoms with E-state index in [4.69, 9.17) is 23.7 Å². The molecule has 0 bridgehead atoms. The first kappa shape index (κ1) is 66.3. The third-order valence-corrected chi connectivity index (χ3v) is 15.6. The number of nitrogens with one attached hydrogen (secondary N) is 1. The van der Waals surface area contributed by atoms with E-state index in [1.807, 2.05) is 30.3 Å². The summed E-state index contributed by atoms with van der Waals surface area (Å²) in [6.07, 6.45) is 26.5. The summed E-state index contributed by atoms with van der Waals surface area (Å²) in [5.74, 6) is -3.54.